The van der Waals surface area contributed by atoms with E-state index in [1.807, 2.05) is 0 Å². The zero-order valence-electron chi connectivity index (χ0n) is 10.3. The van der Waals surface area contributed by atoms with Gasteiger partial charge in [-0.15, -0.1) is 0 Å². The molecule has 0 bridgehead atoms. The summed E-state index contributed by atoms with van der Waals surface area (Å²) in [5, 5.41) is 12.0. The summed E-state index contributed by atoms with van der Waals surface area (Å²) in [5.41, 5.74) is 0.736. The first-order valence-electron chi connectivity index (χ1n) is 5.51. The second-order valence-corrected chi connectivity index (χ2v) is 6.19. The molecule has 8 heteroatoms. The topological polar surface area (TPSA) is 95.5 Å². The largest absolute Gasteiger partial charge is 0.478 e. The molecule has 106 valence electrons. The molecule has 0 saturated carbocycles. The molecule has 6 nitrogen and oxygen atoms in total. The van der Waals surface area contributed by atoms with Crippen LogP contribution in [0.25, 0.3) is 0 Å². The number of nitrogens with one attached hydrogen (secondary N) is 2. The van der Waals surface area contributed by atoms with Gasteiger partial charge >= 0.3 is 5.97 Å². The highest BCUT2D eigenvalue weighted by atomic mass is 35.5. The fourth-order valence-electron chi connectivity index (χ4n) is 1.38. The van der Waals surface area contributed by atoms with E-state index in [-0.39, 0.29) is 10.6 Å². The summed E-state index contributed by atoms with van der Waals surface area (Å²) < 4.78 is 24.0. The van der Waals surface area contributed by atoms with Gasteiger partial charge in [0.15, 0.2) is 0 Å². The average Bonchev–Trinajstić information content (AvgIpc) is 2.26. The predicted molar refractivity (Wildman–Crippen MR) is 74.4 cm³/mol. The lowest BCUT2D eigenvalue weighted by molar-refractivity contribution is 0.0697. The van der Waals surface area contributed by atoms with Gasteiger partial charge in [-0.2, -0.15) is 0 Å². The minimum absolute atomic E-state index is 0.0472. The second-order valence-electron chi connectivity index (χ2n) is 3.95. The zero-order chi connectivity index (χ0) is 14.5. The molecule has 0 aromatic heterocycles. The minimum atomic E-state index is -3.16. The number of rotatable bonds is 7. The van der Waals surface area contributed by atoms with E-state index in [4.69, 9.17) is 16.7 Å². The summed E-state index contributed by atoms with van der Waals surface area (Å²) in [5.74, 6) is -1.08. The fourth-order valence-corrected chi connectivity index (χ4v) is 2.15. The highest BCUT2D eigenvalue weighted by Crippen LogP contribution is 2.20. The van der Waals surface area contributed by atoms with Crippen LogP contribution in [0, 0.1) is 0 Å². The molecule has 0 aliphatic heterocycles. The highest BCUT2D eigenvalue weighted by Gasteiger charge is 2.08. The van der Waals surface area contributed by atoms with Gasteiger partial charge in [0.05, 0.1) is 16.8 Å². The van der Waals surface area contributed by atoms with Gasteiger partial charge in [0.1, 0.15) is 0 Å². The highest BCUT2D eigenvalue weighted by molar-refractivity contribution is 7.88. The van der Waals surface area contributed by atoms with Gasteiger partial charge in [0, 0.05) is 18.8 Å². The van der Waals surface area contributed by atoms with Crippen LogP contribution in [0.4, 0.5) is 5.69 Å². The number of benzene rings is 1. The summed E-state index contributed by atoms with van der Waals surface area (Å²) >= 11 is 5.81. The van der Waals surface area contributed by atoms with Crippen molar-refractivity contribution in [2.24, 2.45) is 0 Å². The van der Waals surface area contributed by atoms with Crippen LogP contribution in [0.1, 0.15) is 16.8 Å². The average molecular weight is 307 g/mol. The Bertz CT molecular complexity index is 560. The van der Waals surface area contributed by atoms with E-state index in [0.717, 1.165) is 6.26 Å². The molecule has 0 unspecified atom stereocenters. The first kappa shape index (κ1) is 15.7. The maximum atomic E-state index is 10.8. The van der Waals surface area contributed by atoms with Crippen LogP contribution in [0.3, 0.4) is 0 Å². The van der Waals surface area contributed by atoms with Crippen LogP contribution < -0.4 is 10.0 Å². The number of hydrogen-bond donors (Lipinski definition) is 3. The van der Waals surface area contributed by atoms with Crippen molar-refractivity contribution in [3.8, 4) is 0 Å². The van der Waals surface area contributed by atoms with Crippen LogP contribution >= 0.6 is 11.6 Å². The Morgan fingerprint density at radius 1 is 1.37 bits per heavy atom. The molecule has 19 heavy (non-hydrogen) atoms. The second kappa shape index (κ2) is 6.74. The van der Waals surface area contributed by atoms with E-state index < -0.39 is 16.0 Å². The van der Waals surface area contributed by atoms with Crippen molar-refractivity contribution in [1.82, 2.24) is 4.72 Å². The Balaban J connectivity index is 2.42. The first-order valence-corrected chi connectivity index (χ1v) is 7.78. The van der Waals surface area contributed by atoms with Gasteiger partial charge < -0.3 is 10.4 Å². The van der Waals surface area contributed by atoms with Gasteiger partial charge in [-0.25, -0.2) is 17.9 Å². The Morgan fingerprint density at radius 3 is 2.58 bits per heavy atom. The van der Waals surface area contributed by atoms with E-state index in [1.54, 1.807) is 6.07 Å². The normalized spacial score (nSPS) is 11.3. The van der Waals surface area contributed by atoms with Crippen LogP contribution in [0.15, 0.2) is 18.2 Å². The number of carboxylic acid groups (broad SMARTS) is 1. The quantitative estimate of drug-likeness (QED) is 0.662. The van der Waals surface area contributed by atoms with E-state index in [9.17, 15) is 13.2 Å². The molecule has 1 rings (SSSR count). The summed E-state index contributed by atoms with van der Waals surface area (Å²) in [7, 11) is -3.16. The van der Waals surface area contributed by atoms with Gasteiger partial charge in [0.25, 0.3) is 0 Å². The number of sulfonamides is 1. The summed E-state index contributed by atoms with van der Waals surface area (Å²) in [6.07, 6.45) is 1.70. The molecular formula is C11H15ClN2O4S. The Labute approximate surface area is 116 Å². The van der Waals surface area contributed by atoms with Crippen molar-refractivity contribution in [2.75, 3.05) is 24.7 Å². The molecule has 0 saturated heterocycles. The van der Waals surface area contributed by atoms with Crippen LogP contribution in [0.5, 0.6) is 0 Å². The molecule has 0 atom stereocenters. The summed E-state index contributed by atoms with van der Waals surface area (Å²) in [6.45, 7) is 0.887. The molecule has 1 aromatic rings. The van der Waals surface area contributed by atoms with Crippen molar-refractivity contribution in [2.45, 2.75) is 6.42 Å². The van der Waals surface area contributed by atoms with Gasteiger partial charge in [-0.05, 0) is 24.6 Å². The van der Waals surface area contributed by atoms with Gasteiger partial charge in [0.2, 0.25) is 10.0 Å². The Morgan fingerprint density at radius 2 is 2.05 bits per heavy atom. The monoisotopic (exact) mass is 306 g/mol. The third-order valence-corrected chi connectivity index (χ3v) is 3.29. The smallest absolute Gasteiger partial charge is 0.337 e. The van der Waals surface area contributed by atoms with Crippen molar-refractivity contribution in [3.63, 3.8) is 0 Å². The van der Waals surface area contributed by atoms with E-state index >= 15 is 0 Å². The molecule has 0 radical (unpaired) electrons. The third-order valence-electron chi connectivity index (χ3n) is 2.25. The summed E-state index contributed by atoms with van der Waals surface area (Å²) in [4.78, 5) is 10.8. The molecule has 3 N–H and O–H groups in total. The molecule has 0 amide bonds. The van der Waals surface area contributed by atoms with E-state index in [1.165, 1.54) is 12.1 Å². The van der Waals surface area contributed by atoms with E-state index in [0.29, 0.717) is 25.2 Å². The van der Waals surface area contributed by atoms with Gasteiger partial charge in [-0.1, -0.05) is 11.6 Å². The molecule has 1 aromatic carbocycles. The van der Waals surface area contributed by atoms with Crippen molar-refractivity contribution < 1.29 is 18.3 Å². The van der Waals surface area contributed by atoms with Crippen LogP contribution in [-0.2, 0) is 10.0 Å². The Hall–Kier alpha value is -1.31. The lowest BCUT2D eigenvalue weighted by Crippen LogP contribution is -2.24. The molecule has 0 fully saturated rings. The fraction of sp³-hybridized carbons (Fsp3) is 0.364. The third kappa shape index (κ3) is 5.91. The molecule has 0 spiro atoms. The lowest BCUT2D eigenvalue weighted by Gasteiger charge is -2.08. The van der Waals surface area contributed by atoms with Crippen molar-refractivity contribution in [1.29, 1.82) is 0 Å². The Kier molecular flexibility index (Phi) is 5.59. The zero-order valence-corrected chi connectivity index (χ0v) is 11.9. The number of anilines is 1. The molecule has 0 heterocycles. The van der Waals surface area contributed by atoms with Crippen molar-refractivity contribution in [3.05, 3.63) is 28.8 Å². The van der Waals surface area contributed by atoms with E-state index in [2.05, 4.69) is 10.0 Å². The first-order chi connectivity index (χ1) is 8.79. The van der Waals surface area contributed by atoms with Crippen molar-refractivity contribution >= 4 is 33.3 Å². The van der Waals surface area contributed by atoms with Crippen LogP contribution in [0.2, 0.25) is 5.02 Å². The maximum Gasteiger partial charge on any atom is 0.337 e. The number of carbonyl (C=O) groups is 1. The maximum absolute atomic E-state index is 10.8. The lowest BCUT2D eigenvalue weighted by atomic mass is 10.2. The summed E-state index contributed by atoms with van der Waals surface area (Å²) in [6, 6.07) is 4.55. The predicted octanol–water partition coefficient (Wildman–Crippen LogP) is 1.39. The van der Waals surface area contributed by atoms with Crippen LogP contribution in [-0.4, -0.2) is 38.8 Å². The number of aromatic carboxylic acids is 1. The molecular weight excluding hydrogens is 292 g/mol. The standard InChI is InChI=1S/C11H15ClN2O4S/c1-19(17,18)14-6-2-5-13-8-3-4-9(11(15)16)10(12)7-8/h3-4,7,13-14H,2,5-6H2,1H3,(H,15,16). The number of carboxylic acids is 1. The minimum Gasteiger partial charge on any atom is -0.478 e. The number of hydrogen-bond acceptors (Lipinski definition) is 4. The number of halogens is 1. The molecule has 0 aliphatic rings. The molecule has 0 aliphatic carbocycles. The van der Waals surface area contributed by atoms with Gasteiger partial charge in [-0.3, -0.25) is 0 Å². The SMILES string of the molecule is CS(=O)(=O)NCCCNc1ccc(C(=O)O)c(Cl)c1.